The predicted octanol–water partition coefficient (Wildman–Crippen LogP) is 29.2. The van der Waals surface area contributed by atoms with E-state index in [-0.39, 0.29) is 69.4 Å². The molecule has 0 atom stereocenters. The number of carbonyl (C=O) groups excluding carboxylic acids is 12. The van der Waals surface area contributed by atoms with E-state index in [0.29, 0.717) is 0 Å². The first-order chi connectivity index (χ1) is 60.0. The first-order valence-electron chi connectivity index (χ1n) is 46.5. The summed E-state index contributed by atoms with van der Waals surface area (Å²) < 4.78 is 0. The van der Waals surface area contributed by atoms with E-state index < -0.39 is 0 Å². The van der Waals surface area contributed by atoms with Crippen LogP contribution in [0.1, 0.15) is 356 Å². The zero-order chi connectivity index (χ0) is 94.0. The van der Waals surface area contributed by atoms with Gasteiger partial charge in [0.05, 0.1) is 0 Å². The Morgan fingerprint density at radius 3 is 0.746 bits per heavy atom. The van der Waals surface area contributed by atoms with E-state index in [2.05, 4.69) is 30.4 Å². The molecule has 0 unspecified atom stereocenters. The van der Waals surface area contributed by atoms with Gasteiger partial charge in [-0.15, -0.1) is 0 Å². The molecule has 12 aliphatic carbocycles. The van der Waals surface area contributed by atoms with E-state index in [1.807, 2.05) is 163 Å². The largest absolute Gasteiger partial charge is 0.295 e. The minimum Gasteiger partial charge on any atom is -0.295 e. The third-order valence-electron chi connectivity index (χ3n) is 22.7. The highest BCUT2D eigenvalue weighted by atomic mass is 16.2. The van der Waals surface area contributed by atoms with E-state index in [9.17, 15) is 57.5 Å². The quantitative estimate of drug-likeness (QED) is 0.132. The maximum absolute atomic E-state index is 11.1. The van der Waals surface area contributed by atoms with Crippen LogP contribution in [-0.4, -0.2) is 69.4 Å². The number of hydrogen-bond donors (Lipinski definition) is 0. The molecule has 0 radical (unpaired) electrons. The molecule has 0 spiro atoms. The highest BCUT2D eigenvalue weighted by Gasteiger charge is 2.15. The Bertz CT molecular complexity index is 4350. The van der Waals surface area contributed by atoms with Gasteiger partial charge in [0.25, 0.3) is 0 Å². The van der Waals surface area contributed by atoms with Crippen molar-refractivity contribution in [3.05, 3.63) is 283 Å². The van der Waals surface area contributed by atoms with Crippen LogP contribution in [0.2, 0.25) is 0 Å². The number of rotatable bonds is 12. The average molecular weight is 1720 g/mol. The van der Waals surface area contributed by atoms with Crippen LogP contribution in [0.3, 0.4) is 0 Å². The molecule has 0 saturated heterocycles. The van der Waals surface area contributed by atoms with Gasteiger partial charge in [-0.1, -0.05) is 218 Å². The van der Waals surface area contributed by atoms with E-state index in [1.54, 1.807) is 113 Å². The Morgan fingerprint density at radius 1 is 0.206 bits per heavy atom. The molecule has 684 valence electrons. The monoisotopic (exact) mass is 1720 g/mol. The lowest BCUT2D eigenvalue weighted by molar-refractivity contribution is -0.114. The van der Waals surface area contributed by atoms with E-state index in [4.69, 9.17) is 0 Å². The number of carbonyl (C=O) groups is 12. The fourth-order valence-electron chi connectivity index (χ4n) is 14.8. The van der Waals surface area contributed by atoms with E-state index in [1.165, 1.54) is 160 Å². The summed E-state index contributed by atoms with van der Waals surface area (Å²) in [5, 5.41) is 0. The minimum absolute atomic E-state index is 0.0798. The zero-order valence-electron chi connectivity index (χ0n) is 80.7. The summed E-state index contributed by atoms with van der Waals surface area (Å²) in [5.74, 6) is 2.18. The molecule has 0 heterocycles. The van der Waals surface area contributed by atoms with E-state index in [0.717, 1.165) is 171 Å². The fraction of sp³-hybridized carbons (Fsp3) is 0.474. The SMILES string of the molecule is CC(=O)/C(C)=C1\C=CCC1.CC(=O)/C=C1\C=CCC1.CC(=O)C(C)=C1C=CC=CC=C1.CC(=O)C(C)=C1C=CCC=C1.CC(=O)C(C)=C1CCCC1.CC(=O)C(C)=C1CCCCC1.CC(=O)C(C)=C1CCCCCC1.CC(=O)C=C1C=CC=CC=C1.CC(=O)C=C1C=CCC=C1.CC(=O)C=C1CCCC1.CC(=O)C=C1CCCCC1.CC(=O)C=C1CCCCCC1. The van der Waals surface area contributed by atoms with Crippen molar-refractivity contribution in [3.8, 4) is 0 Å². The maximum Gasteiger partial charge on any atom is 0.156 e. The van der Waals surface area contributed by atoms with Gasteiger partial charge in [0, 0.05) is 0 Å². The van der Waals surface area contributed by atoms with Crippen molar-refractivity contribution in [2.24, 2.45) is 0 Å². The number of hydrogen-bond acceptors (Lipinski definition) is 12. The van der Waals surface area contributed by atoms with Crippen molar-refractivity contribution in [1.29, 1.82) is 0 Å². The predicted molar refractivity (Wildman–Crippen MR) is 529 cm³/mol. The highest BCUT2D eigenvalue weighted by Crippen LogP contribution is 2.30. The summed E-state index contributed by atoms with van der Waals surface area (Å²) >= 11 is 0. The van der Waals surface area contributed by atoms with Crippen LogP contribution in [0.25, 0.3) is 0 Å². The van der Waals surface area contributed by atoms with Crippen LogP contribution in [0, 0.1) is 0 Å². The molecule has 0 aliphatic heterocycles. The van der Waals surface area contributed by atoms with Gasteiger partial charge >= 0.3 is 0 Å². The minimum atomic E-state index is 0.0798. The molecule has 126 heavy (non-hydrogen) atoms. The Labute approximate surface area is 760 Å². The highest BCUT2D eigenvalue weighted by molar-refractivity contribution is 5.97. The Balaban J connectivity index is 0.000000688. The van der Waals surface area contributed by atoms with Crippen LogP contribution in [0.15, 0.2) is 283 Å². The molecule has 12 nitrogen and oxygen atoms in total. The molecule has 12 aliphatic rings. The zero-order valence-corrected chi connectivity index (χ0v) is 80.7. The van der Waals surface area contributed by atoms with Gasteiger partial charge in [-0.2, -0.15) is 0 Å². The molecule has 0 amide bonds. The Kier molecular flexibility index (Phi) is 63.2. The molecule has 0 aromatic rings. The van der Waals surface area contributed by atoms with Crippen molar-refractivity contribution in [2.45, 2.75) is 356 Å². The molecular formula is C114H156O12. The summed E-state index contributed by atoms with van der Waals surface area (Å²) in [6.07, 6.45) is 101. The lowest BCUT2D eigenvalue weighted by Crippen LogP contribution is -2.02. The second-order valence-corrected chi connectivity index (χ2v) is 33.9. The first-order valence-corrected chi connectivity index (χ1v) is 46.5. The molecule has 0 aromatic heterocycles. The molecule has 0 N–H and O–H groups in total. The van der Waals surface area contributed by atoms with Crippen LogP contribution >= 0.6 is 0 Å². The van der Waals surface area contributed by atoms with Gasteiger partial charge in [0.1, 0.15) is 0 Å². The average Bonchev–Trinajstić information content (AvgIpc) is 1.20. The van der Waals surface area contributed by atoms with Crippen molar-refractivity contribution in [2.75, 3.05) is 0 Å². The maximum atomic E-state index is 11.1. The third kappa shape index (κ3) is 58.1. The summed E-state index contributed by atoms with van der Waals surface area (Å²) in [6.45, 7) is 30.8. The lowest BCUT2D eigenvalue weighted by Gasteiger charge is -2.15. The van der Waals surface area contributed by atoms with Crippen molar-refractivity contribution in [3.63, 3.8) is 0 Å². The summed E-state index contributed by atoms with van der Waals surface area (Å²) in [6, 6.07) is 0. The molecule has 0 aromatic carbocycles. The van der Waals surface area contributed by atoms with Crippen LogP contribution in [0.4, 0.5) is 0 Å². The number of allylic oxidation sites excluding steroid dienone is 48. The number of ketones is 12. The molecule has 12 rings (SSSR count). The topological polar surface area (TPSA) is 205 Å². The second kappa shape index (κ2) is 69.9. The van der Waals surface area contributed by atoms with Crippen molar-refractivity contribution in [1.82, 2.24) is 0 Å². The molecule has 6 fully saturated rings. The van der Waals surface area contributed by atoms with Gasteiger partial charge in [0.15, 0.2) is 69.4 Å². The fourth-order valence-corrected chi connectivity index (χ4v) is 14.8. The molecule has 12 heteroatoms. The van der Waals surface area contributed by atoms with Gasteiger partial charge in [-0.3, -0.25) is 57.5 Å². The lowest BCUT2D eigenvalue weighted by atomic mass is 9.90. The smallest absolute Gasteiger partial charge is 0.156 e. The van der Waals surface area contributed by atoms with Crippen LogP contribution < -0.4 is 0 Å². The van der Waals surface area contributed by atoms with Gasteiger partial charge < -0.3 is 0 Å². The van der Waals surface area contributed by atoms with Crippen LogP contribution in [-0.2, 0) is 57.5 Å². The summed E-state index contributed by atoms with van der Waals surface area (Å²) in [5.41, 5.74) is 20.3. The van der Waals surface area contributed by atoms with Gasteiger partial charge in [0.2, 0.25) is 0 Å². The van der Waals surface area contributed by atoms with Gasteiger partial charge in [-0.25, -0.2) is 0 Å². The molecular weight excluding hydrogens is 1560 g/mol. The summed E-state index contributed by atoms with van der Waals surface area (Å²) in [7, 11) is 0. The van der Waals surface area contributed by atoms with Crippen molar-refractivity contribution < 1.29 is 57.5 Å². The van der Waals surface area contributed by atoms with Crippen molar-refractivity contribution >= 4 is 69.4 Å². The first kappa shape index (κ1) is 114. The van der Waals surface area contributed by atoms with Crippen LogP contribution in [0.5, 0.6) is 0 Å². The summed E-state index contributed by atoms with van der Waals surface area (Å²) in [4.78, 5) is 129. The normalized spacial score (nSPS) is 17.7. The third-order valence-corrected chi connectivity index (χ3v) is 22.7. The molecule has 6 saturated carbocycles. The van der Waals surface area contributed by atoms with Gasteiger partial charge in [-0.05, 0) is 421 Å². The van der Waals surface area contributed by atoms with E-state index >= 15 is 0 Å². The second-order valence-electron chi connectivity index (χ2n) is 33.9. The molecule has 0 bridgehead atoms. The standard InChI is InChI=1S/C11H18O.C11H12O.C10H16O.C10H12O.C10H16O.C10H10O.C9H14O.C9H12O.C9H14O.C9H10O.C8H12O.C8H10O/c2*1-9(10(2)12)11-7-5-3-4-6-8-11;2*1-8(9(2)11)10-6-4-3-5-7-10;2*1-9(11)8-10-6-4-2-3-5-7-10;2*1-7(8(2)10)9-5-3-4-6-9;2*1-8(10)7-9-5-3-2-4-6-9;2*1-7(9)6-8-4-2-3-5-8/h3-8H2,1-2H3;3-8H,1-2H3;3-7H2,1-2H3;4-7H,3H2,1-2H3;8H,2-7H2,1H3;2-8H,1H3;3-6H2,1-2H3;3,5H,4,6H2,1-2H3;7H,2-6H2,1H3;3-7H,2H2,1H3;6H,2-5H2,1H3;2,4,6H,3,5H2,1H3/b;;;;;;;9-7+;;;;8-6+. The number of Topliss-reactive ketones (excluding diaryl/α,β-unsaturated/α-hetero) is 6. The Hall–Kier alpha value is -10.2. The Morgan fingerprint density at radius 2 is 0.460 bits per heavy atom.